The van der Waals surface area contributed by atoms with Crippen LogP contribution >= 0.6 is 0 Å². The fourth-order valence-corrected chi connectivity index (χ4v) is 2.28. The number of nitrogens with one attached hydrogen (secondary N) is 1. The molecule has 0 heterocycles. The number of carbonyl (C=O) groups is 1. The quantitative estimate of drug-likeness (QED) is 0.748. The summed E-state index contributed by atoms with van der Waals surface area (Å²) >= 11 is 0. The van der Waals surface area contributed by atoms with Crippen molar-refractivity contribution in [3.63, 3.8) is 0 Å². The first kappa shape index (κ1) is 18.8. The van der Waals surface area contributed by atoms with Crippen LogP contribution in [0, 0.1) is 12.8 Å². The lowest BCUT2D eigenvalue weighted by Crippen LogP contribution is -2.32. The van der Waals surface area contributed by atoms with E-state index >= 15 is 0 Å². The van der Waals surface area contributed by atoms with Crippen molar-refractivity contribution >= 4 is 11.6 Å². The van der Waals surface area contributed by atoms with E-state index in [2.05, 4.69) is 19.2 Å². The first-order valence-corrected chi connectivity index (χ1v) is 8.75. The minimum Gasteiger partial charge on any atom is -0.493 e. The Bertz CT molecular complexity index is 680. The number of amides is 1. The summed E-state index contributed by atoms with van der Waals surface area (Å²) in [4.78, 5) is 12.5. The Balaban J connectivity index is 1.96. The molecular weight excluding hydrogens is 314 g/mol. The zero-order valence-corrected chi connectivity index (χ0v) is 15.4. The van der Waals surface area contributed by atoms with Crippen molar-refractivity contribution in [2.45, 2.75) is 40.2 Å². The van der Waals surface area contributed by atoms with Gasteiger partial charge >= 0.3 is 0 Å². The summed E-state index contributed by atoms with van der Waals surface area (Å²) in [7, 11) is 0. The van der Waals surface area contributed by atoms with Crippen LogP contribution in [-0.4, -0.2) is 18.6 Å². The van der Waals surface area contributed by atoms with Gasteiger partial charge in [0.15, 0.2) is 6.10 Å². The minimum absolute atomic E-state index is 0.151. The third-order valence-electron chi connectivity index (χ3n) is 3.73. The molecule has 2 rings (SSSR count). The van der Waals surface area contributed by atoms with Gasteiger partial charge in [0.1, 0.15) is 11.5 Å². The molecule has 0 unspecified atom stereocenters. The summed E-state index contributed by atoms with van der Waals surface area (Å²) in [5.41, 5.74) is 1.74. The number of para-hydroxylation sites is 1. The Hall–Kier alpha value is -2.49. The lowest BCUT2D eigenvalue weighted by molar-refractivity contribution is -0.122. The van der Waals surface area contributed by atoms with E-state index in [-0.39, 0.29) is 5.91 Å². The lowest BCUT2D eigenvalue weighted by atomic mass is 10.2. The van der Waals surface area contributed by atoms with Gasteiger partial charge in [0.25, 0.3) is 5.91 Å². The van der Waals surface area contributed by atoms with Gasteiger partial charge in [-0.15, -0.1) is 0 Å². The van der Waals surface area contributed by atoms with Crippen molar-refractivity contribution in [2.24, 2.45) is 5.92 Å². The number of ether oxygens (including phenoxy) is 2. The second-order valence-electron chi connectivity index (χ2n) is 6.50. The van der Waals surface area contributed by atoms with E-state index in [4.69, 9.17) is 9.47 Å². The van der Waals surface area contributed by atoms with Crippen molar-refractivity contribution in [1.82, 2.24) is 0 Å². The van der Waals surface area contributed by atoms with E-state index in [1.807, 2.05) is 62.4 Å². The Kier molecular flexibility index (Phi) is 6.87. The Morgan fingerprint density at radius 3 is 2.36 bits per heavy atom. The molecule has 0 aliphatic rings. The maximum absolute atomic E-state index is 12.5. The van der Waals surface area contributed by atoms with Gasteiger partial charge in [0.05, 0.1) is 6.61 Å². The molecule has 0 bridgehead atoms. The number of hydrogen-bond donors (Lipinski definition) is 1. The fourth-order valence-electron chi connectivity index (χ4n) is 2.28. The molecule has 0 aliphatic heterocycles. The zero-order chi connectivity index (χ0) is 18.2. The summed E-state index contributed by atoms with van der Waals surface area (Å²) in [6.45, 7) is 8.79. The highest BCUT2D eigenvalue weighted by Gasteiger charge is 2.19. The van der Waals surface area contributed by atoms with Crippen LogP contribution in [0.1, 0.15) is 32.8 Å². The summed E-state index contributed by atoms with van der Waals surface area (Å²) in [6.07, 6.45) is 0.0633. The highest BCUT2D eigenvalue weighted by molar-refractivity contribution is 5.94. The van der Waals surface area contributed by atoms with Gasteiger partial charge in [-0.25, -0.2) is 0 Å². The molecule has 2 aromatic carbocycles. The van der Waals surface area contributed by atoms with Gasteiger partial charge in [-0.3, -0.25) is 4.79 Å². The molecule has 0 fully saturated rings. The molecule has 0 aromatic heterocycles. The summed E-state index contributed by atoms with van der Waals surface area (Å²) < 4.78 is 11.5. The summed E-state index contributed by atoms with van der Waals surface area (Å²) in [5.74, 6) is 1.86. The Morgan fingerprint density at radius 2 is 1.76 bits per heavy atom. The van der Waals surface area contributed by atoms with Crippen molar-refractivity contribution < 1.29 is 14.3 Å². The third kappa shape index (κ3) is 5.82. The Morgan fingerprint density at radius 1 is 1.08 bits per heavy atom. The van der Waals surface area contributed by atoms with Crippen LogP contribution in [0.25, 0.3) is 0 Å². The molecule has 2 aromatic rings. The van der Waals surface area contributed by atoms with Crippen LogP contribution in [0.4, 0.5) is 5.69 Å². The molecule has 1 atom stereocenters. The van der Waals surface area contributed by atoms with Gasteiger partial charge in [-0.05, 0) is 55.2 Å². The number of anilines is 1. The second-order valence-corrected chi connectivity index (χ2v) is 6.50. The largest absolute Gasteiger partial charge is 0.493 e. The van der Waals surface area contributed by atoms with Gasteiger partial charge < -0.3 is 14.8 Å². The molecule has 0 aliphatic carbocycles. The molecule has 0 saturated heterocycles. The monoisotopic (exact) mass is 341 g/mol. The van der Waals surface area contributed by atoms with Crippen LogP contribution in [0.15, 0.2) is 48.5 Å². The van der Waals surface area contributed by atoms with Crippen molar-refractivity contribution in [3.05, 3.63) is 54.1 Å². The topological polar surface area (TPSA) is 47.6 Å². The molecule has 25 heavy (non-hydrogen) atoms. The SMILES string of the molecule is CC[C@H](Oc1ccccc1C)C(=O)Nc1ccc(OCC(C)C)cc1. The first-order valence-electron chi connectivity index (χ1n) is 8.75. The molecule has 4 nitrogen and oxygen atoms in total. The van der Waals surface area contributed by atoms with Gasteiger partial charge in [-0.1, -0.05) is 39.0 Å². The normalized spacial score (nSPS) is 11.9. The average molecular weight is 341 g/mol. The zero-order valence-electron chi connectivity index (χ0n) is 15.4. The molecule has 0 saturated carbocycles. The predicted molar refractivity (Wildman–Crippen MR) is 101 cm³/mol. The maximum atomic E-state index is 12.5. The fraction of sp³-hybridized carbons (Fsp3) is 0.381. The minimum atomic E-state index is -0.530. The van der Waals surface area contributed by atoms with E-state index in [0.717, 1.165) is 22.7 Å². The standard InChI is InChI=1S/C21H27NO3/c1-5-19(25-20-9-7-6-8-16(20)4)21(23)22-17-10-12-18(13-11-17)24-14-15(2)3/h6-13,15,19H,5,14H2,1-4H3,(H,22,23)/t19-/m0/s1. The Labute approximate surface area is 150 Å². The van der Waals surface area contributed by atoms with Gasteiger partial charge in [0.2, 0.25) is 0 Å². The van der Waals surface area contributed by atoms with Crippen molar-refractivity contribution in [1.29, 1.82) is 0 Å². The molecule has 134 valence electrons. The van der Waals surface area contributed by atoms with Crippen molar-refractivity contribution in [3.8, 4) is 11.5 Å². The number of hydrogen-bond acceptors (Lipinski definition) is 3. The maximum Gasteiger partial charge on any atom is 0.265 e. The third-order valence-corrected chi connectivity index (χ3v) is 3.73. The average Bonchev–Trinajstić information content (AvgIpc) is 2.60. The molecule has 0 radical (unpaired) electrons. The molecule has 1 N–H and O–H groups in total. The van der Waals surface area contributed by atoms with Crippen LogP contribution in [0.5, 0.6) is 11.5 Å². The van der Waals surface area contributed by atoms with E-state index in [1.54, 1.807) is 0 Å². The molecular formula is C21H27NO3. The van der Waals surface area contributed by atoms with E-state index in [9.17, 15) is 4.79 Å². The van der Waals surface area contributed by atoms with Crippen molar-refractivity contribution in [2.75, 3.05) is 11.9 Å². The van der Waals surface area contributed by atoms with Gasteiger partial charge in [0, 0.05) is 5.69 Å². The van der Waals surface area contributed by atoms with Gasteiger partial charge in [-0.2, -0.15) is 0 Å². The number of carbonyl (C=O) groups excluding carboxylic acids is 1. The molecule has 1 amide bonds. The highest BCUT2D eigenvalue weighted by Crippen LogP contribution is 2.20. The number of benzene rings is 2. The lowest BCUT2D eigenvalue weighted by Gasteiger charge is -2.18. The van der Waals surface area contributed by atoms with E-state index < -0.39 is 6.10 Å². The van der Waals surface area contributed by atoms with Crippen LogP contribution in [0.2, 0.25) is 0 Å². The van der Waals surface area contributed by atoms with Crippen LogP contribution < -0.4 is 14.8 Å². The second kappa shape index (κ2) is 9.11. The van der Waals surface area contributed by atoms with Crippen LogP contribution in [0.3, 0.4) is 0 Å². The summed E-state index contributed by atoms with van der Waals surface area (Å²) in [5, 5.41) is 2.91. The van der Waals surface area contributed by atoms with E-state index in [0.29, 0.717) is 18.9 Å². The van der Waals surface area contributed by atoms with Crippen LogP contribution in [-0.2, 0) is 4.79 Å². The number of rotatable bonds is 8. The number of aryl methyl sites for hydroxylation is 1. The molecule has 0 spiro atoms. The highest BCUT2D eigenvalue weighted by atomic mass is 16.5. The first-order chi connectivity index (χ1) is 12.0. The van der Waals surface area contributed by atoms with E-state index in [1.165, 1.54) is 0 Å². The smallest absolute Gasteiger partial charge is 0.265 e. The predicted octanol–water partition coefficient (Wildman–Crippen LogP) is 4.83. The summed E-state index contributed by atoms with van der Waals surface area (Å²) in [6, 6.07) is 15.1. The molecule has 4 heteroatoms.